The first-order valence-corrected chi connectivity index (χ1v) is 10.7. The molecule has 2 heterocycles. The minimum atomic E-state index is 0.0416. The van der Waals surface area contributed by atoms with Gasteiger partial charge in [-0.3, -0.25) is 9.69 Å². The van der Waals surface area contributed by atoms with E-state index in [-0.39, 0.29) is 5.91 Å². The van der Waals surface area contributed by atoms with Gasteiger partial charge in [-0.15, -0.1) is 0 Å². The van der Waals surface area contributed by atoms with E-state index in [4.69, 9.17) is 14.5 Å². The summed E-state index contributed by atoms with van der Waals surface area (Å²) >= 11 is 0. The maximum absolute atomic E-state index is 12.0. The fourth-order valence-electron chi connectivity index (χ4n) is 3.06. The number of carbonyl (C=O) groups excluding carboxylic acids is 1. The van der Waals surface area contributed by atoms with E-state index in [2.05, 4.69) is 39.3 Å². The van der Waals surface area contributed by atoms with Crippen LogP contribution in [0.1, 0.15) is 25.8 Å². The lowest BCUT2D eigenvalue weighted by Crippen LogP contribution is -2.54. The minimum absolute atomic E-state index is 0.0416. The van der Waals surface area contributed by atoms with Gasteiger partial charge in [-0.1, -0.05) is 13.0 Å². The number of piperazine rings is 1. The summed E-state index contributed by atoms with van der Waals surface area (Å²) in [5, 5.41) is 6.24. The van der Waals surface area contributed by atoms with Gasteiger partial charge in [-0.05, 0) is 18.9 Å². The summed E-state index contributed by atoms with van der Waals surface area (Å²) in [7, 11) is 1.63. The number of nitrogens with zero attached hydrogens (tertiary/aromatic N) is 4. The van der Waals surface area contributed by atoms with Crippen LogP contribution in [0.5, 0.6) is 5.88 Å². The molecule has 0 saturated carbocycles. The van der Waals surface area contributed by atoms with E-state index in [1.54, 1.807) is 7.11 Å². The third-order valence-corrected chi connectivity index (χ3v) is 4.67. The smallest absolute Gasteiger partial charge is 0.234 e. The van der Waals surface area contributed by atoms with Gasteiger partial charge in [0.05, 0.1) is 26.3 Å². The van der Waals surface area contributed by atoms with Crippen LogP contribution >= 0.6 is 0 Å². The molecular formula is C21H36N6O3. The van der Waals surface area contributed by atoms with Crippen LogP contribution in [0.3, 0.4) is 0 Å². The Hall–Kier alpha value is -2.39. The first-order chi connectivity index (χ1) is 14.7. The van der Waals surface area contributed by atoms with Gasteiger partial charge in [0, 0.05) is 58.6 Å². The summed E-state index contributed by atoms with van der Waals surface area (Å²) in [5.41, 5.74) is 1.04. The van der Waals surface area contributed by atoms with E-state index in [1.165, 1.54) is 0 Å². The Kier molecular flexibility index (Phi) is 11.0. The molecule has 1 saturated heterocycles. The molecular weight excluding hydrogens is 384 g/mol. The number of nitrogens with one attached hydrogen (secondary N) is 2. The topological polar surface area (TPSA) is 91.3 Å². The highest BCUT2D eigenvalue weighted by atomic mass is 16.5. The van der Waals surface area contributed by atoms with E-state index < -0.39 is 0 Å². The highest BCUT2D eigenvalue weighted by Crippen LogP contribution is 2.09. The van der Waals surface area contributed by atoms with Crippen molar-refractivity contribution in [2.45, 2.75) is 26.8 Å². The largest absolute Gasteiger partial charge is 0.478 e. The van der Waals surface area contributed by atoms with Gasteiger partial charge in [0.25, 0.3) is 0 Å². The van der Waals surface area contributed by atoms with Crippen molar-refractivity contribution in [3.63, 3.8) is 0 Å². The number of hydrogen-bond donors (Lipinski definition) is 2. The molecule has 2 rings (SSSR count). The van der Waals surface area contributed by atoms with Crippen LogP contribution in [-0.4, -0.2) is 92.8 Å². The number of ether oxygens (including phenoxy) is 2. The normalized spacial score (nSPS) is 15.2. The van der Waals surface area contributed by atoms with E-state index in [0.29, 0.717) is 38.7 Å². The third kappa shape index (κ3) is 8.54. The van der Waals surface area contributed by atoms with Gasteiger partial charge in [0.1, 0.15) is 0 Å². The fourth-order valence-corrected chi connectivity index (χ4v) is 3.06. The van der Waals surface area contributed by atoms with E-state index in [1.807, 2.05) is 18.3 Å². The molecule has 1 aromatic heterocycles. The zero-order valence-corrected chi connectivity index (χ0v) is 18.5. The molecule has 0 radical (unpaired) electrons. The maximum atomic E-state index is 12.0. The van der Waals surface area contributed by atoms with E-state index in [9.17, 15) is 4.79 Å². The van der Waals surface area contributed by atoms with Crippen molar-refractivity contribution < 1.29 is 14.3 Å². The molecule has 1 aromatic rings. The average Bonchev–Trinajstić information content (AvgIpc) is 2.77. The third-order valence-electron chi connectivity index (χ3n) is 4.67. The predicted molar refractivity (Wildman–Crippen MR) is 118 cm³/mol. The number of aliphatic imine (C=N–C) groups is 1. The Balaban J connectivity index is 1.82. The number of guanidine groups is 1. The van der Waals surface area contributed by atoms with Crippen LogP contribution in [0.4, 0.5) is 0 Å². The summed E-state index contributed by atoms with van der Waals surface area (Å²) in [4.78, 5) is 25.5. The lowest BCUT2D eigenvalue weighted by atomic mass is 10.3. The van der Waals surface area contributed by atoms with Gasteiger partial charge < -0.3 is 25.0 Å². The van der Waals surface area contributed by atoms with Crippen molar-refractivity contribution >= 4 is 11.9 Å². The number of methoxy groups -OCH3 is 1. The minimum Gasteiger partial charge on any atom is -0.478 e. The number of rotatable bonds is 11. The number of aromatic nitrogens is 1. The monoisotopic (exact) mass is 420 g/mol. The van der Waals surface area contributed by atoms with Gasteiger partial charge in [0.2, 0.25) is 11.8 Å². The van der Waals surface area contributed by atoms with Crippen molar-refractivity contribution in [2.24, 2.45) is 4.99 Å². The van der Waals surface area contributed by atoms with Crippen molar-refractivity contribution in [3.8, 4) is 5.88 Å². The van der Waals surface area contributed by atoms with Crippen molar-refractivity contribution in [1.82, 2.24) is 25.4 Å². The molecule has 30 heavy (non-hydrogen) atoms. The second-order valence-electron chi connectivity index (χ2n) is 7.13. The van der Waals surface area contributed by atoms with Gasteiger partial charge in [-0.2, -0.15) is 0 Å². The Labute approximate surface area is 179 Å². The lowest BCUT2D eigenvalue weighted by molar-refractivity contribution is -0.122. The van der Waals surface area contributed by atoms with E-state index >= 15 is 0 Å². The summed E-state index contributed by atoms with van der Waals surface area (Å²) in [6.07, 6.45) is 2.78. The van der Waals surface area contributed by atoms with Crippen LogP contribution < -0.4 is 15.4 Å². The lowest BCUT2D eigenvalue weighted by Gasteiger charge is -2.36. The summed E-state index contributed by atoms with van der Waals surface area (Å²) in [6.45, 7) is 11.0. The predicted octanol–water partition coefficient (Wildman–Crippen LogP) is 0.716. The number of amides is 1. The summed E-state index contributed by atoms with van der Waals surface area (Å²) in [6, 6.07) is 3.90. The first-order valence-electron chi connectivity index (χ1n) is 10.7. The first kappa shape index (κ1) is 23.9. The maximum Gasteiger partial charge on any atom is 0.234 e. The summed E-state index contributed by atoms with van der Waals surface area (Å²) in [5.74, 6) is 1.59. The molecule has 1 amide bonds. The molecule has 1 aliphatic rings. The van der Waals surface area contributed by atoms with Crippen LogP contribution in [-0.2, 0) is 16.1 Å². The molecule has 168 valence electrons. The summed E-state index contributed by atoms with van der Waals surface area (Å²) < 4.78 is 10.5. The Morgan fingerprint density at radius 1 is 1.17 bits per heavy atom. The standard InChI is InChI=1S/C21H36N6O3/c1-4-13-30-20-7-6-18(15-24-20)16-25-21(22-5-2)27-11-9-26(10-12-27)17-19(28)23-8-14-29-3/h6-7,15H,4-5,8-14,16-17H2,1-3H3,(H,22,25)(H,23,28). The molecule has 0 spiro atoms. The van der Waals surface area contributed by atoms with Gasteiger partial charge >= 0.3 is 0 Å². The zero-order valence-electron chi connectivity index (χ0n) is 18.5. The zero-order chi connectivity index (χ0) is 21.6. The average molecular weight is 421 g/mol. The quantitative estimate of drug-likeness (QED) is 0.310. The van der Waals surface area contributed by atoms with Crippen LogP contribution in [0.25, 0.3) is 0 Å². The number of hydrogen-bond acceptors (Lipinski definition) is 6. The molecule has 1 fully saturated rings. The van der Waals surface area contributed by atoms with Gasteiger partial charge in [0.15, 0.2) is 5.96 Å². The Morgan fingerprint density at radius 2 is 1.97 bits per heavy atom. The second-order valence-corrected chi connectivity index (χ2v) is 7.13. The second kappa shape index (κ2) is 13.8. The van der Waals surface area contributed by atoms with E-state index in [0.717, 1.165) is 50.7 Å². The number of carbonyl (C=O) groups is 1. The van der Waals surface area contributed by atoms with Crippen LogP contribution in [0, 0.1) is 0 Å². The molecule has 1 aliphatic heterocycles. The van der Waals surface area contributed by atoms with Crippen LogP contribution in [0.15, 0.2) is 23.3 Å². The molecule has 0 aliphatic carbocycles. The Morgan fingerprint density at radius 3 is 2.60 bits per heavy atom. The molecule has 9 nitrogen and oxygen atoms in total. The van der Waals surface area contributed by atoms with Crippen LogP contribution in [0.2, 0.25) is 0 Å². The highest BCUT2D eigenvalue weighted by Gasteiger charge is 2.21. The fraction of sp³-hybridized carbons (Fsp3) is 0.667. The van der Waals surface area contributed by atoms with Gasteiger partial charge in [-0.25, -0.2) is 9.98 Å². The molecule has 0 unspecified atom stereocenters. The van der Waals surface area contributed by atoms with Crippen molar-refractivity contribution in [1.29, 1.82) is 0 Å². The number of pyridine rings is 1. The molecule has 2 N–H and O–H groups in total. The molecule has 0 bridgehead atoms. The van der Waals surface area contributed by atoms with Crippen molar-refractivity contribution in [3.05, 3.63) is 23.9 Å². The van der Waals surface area contributed by atoms with Crippen molar-refractivity contribution in [2.75, 3.05) is 66.1 Å². The molecule has 9 heteroatoms. The SMILES string of the molecule is CCCOc1ccc(CN=C(NCC)N2CCN(CC(=O)NCCOC)CC2)cn1. The highest BCUT2D eigenvalue weighted by molar-refractivity contribution is 5.80. The molecule has 0 aromatic carbocycles. The Bertz CT molecular complexity index is 645. The molecule has 0 atom stereocenters.